The normalized spacial score (nSPS) is 17.4. The van der Waals surface area contributed by atoms with Crippen molar-refractivity contribution in [3.63, 3.8) is 0 Å². The fraction of sp³-hybridized carbons (Fsp3) is 0.538. The Bertz CT molecular complexity index is 336. The van der Waals surface area contributed by atoms with E-state index in [1.807, 2.05) is 18.2 Å². The number of rotatable bonds is 6. The lowest BCUT2D eigenvalue weighted by Crippen LogP contribution is -2.11. The summed E-state index contributed by atoms with van der Waals surface area (Å²) in [6, 6.07) is 7.86. The van der Waals surface area contributed by atoms with Crippen LogP contribution in [-0.4, -0.2) is 19.1 Å². The van der Waals surface area contributed by atoms with Gasteiger partial charge in [-0.2, -0.15) is 0 Å². The second-order valence-electron chi connectivity index (χ2n) is 4.39. The van der Waals surface area contributed by atoms with E-state index in [-0.39, 0.29) is 5.92 Å². The van der Waals surface area contributed by atoms with E-state index in [0.717, 1.165) is 17.5 Å². The summed E-state index contributed by atoms with van der Waals surface area (Å²) in [5.41, 5.74) is 1.17. The molecule has 1 aromatic carbocycles. The van der Waals surface area contributed by atoms with Gasteiger partial charge >= 0.3 is 0 Å². The van der Waals surface area contributed by atoms with Crippen molar-refractivity contribution in [3.8, 4) is 0 Å². The van der Waals surface area contributed by atoms with Gasteiger partial charge in [0.15, 0.2) is 0 Å². The Morgan fingerprint density at radius 3 is 2.81 bits per heavy atom. The number of hydrogen-bond acceptors (Lipinski definition) is 1. The third-order valence-electron chi connectivity index (χ3n) is 2.88. The van der Waals surface area contributed by atoms with Crippen molar-refractivity contribution in [2.45, 2.75) is 18.8 Å². The monoisotopic (exact) mass is 258 g/mol. The Morgan fingerprint density at radius 2 is 2.19 bits per heavy atom. The zero-order valence-corrected chi connectivity index (χ0v) is 10.7. The van der Waals surface area contributed by atoms with Crippen molar-refractivity contribution in [2.75, 3.05) is 19.1 Å². The summed E-state index contributed by atoms with van der Waals surface area (Å²) < 4.78 is 5.68. The Hall–Kier alpha value is -0.240. The summed E-state index contributed by atoms with van der Waals surface area (Å²) in [5, 5.41) is 0.759. The molecule has 0 amide bonds. The highest BCUT2D eigenvalue weighted by Gasteiger charge is 2.22. The maximum atomic E-state index is 5.96. The molecule has 1 aliphatic rings. The minimum absolute atomic E-state index is 0.249. The Balaban J connectivity index is 1.87. The van der Waals surface area contributed by atoms with Crippen LogP contribution in [0, 0.1) is 5.92 Å². The van der Waals surface area contributed by atoms with Crippen LogP contribution in [0.25, 0.3) is 0 Å². The van der Waals surface area contributed by atoms with Gasteiger partial charge in [0.05, 0.1) is 6.61 Å². The van der Waals surface area contributed by atoms with Gasteiger partial charge in [-0.3, -0.25) is 0 Å². The van der Waals surface area contributed by atoms with Crippen molar-refractivity contribution in [1.82, 2.24) is 0 Å². The fourth-order valence-corrected chi connectivity index (χ4v) is 2.12. The molecule has 1 unspecified atom stereocenters. The van der Waals surface area contributed by atoms with E-state index in [4.69, 9.17) is 27.9 Å². The minimum atomic E-state index is 0.249. The van der Waals surface area contributed by atoms with Gasteiger partial charge in [-0.15, -0.1) is 11.6 Å². The molecule has 0 N–H and O–H groups in total. The van der Waals surface area contributed by atoms with Crippen LogP contribution in [0.5, 0.6) is 0 Å². The van der Waals surface area contributed by atoms with E-state index in [0.29, 0.717) is 12.5 Å². The van der Waals surface area contributed by atoms with Crippen LogP contribution in [0.2, 0.25) is 5.02 Å². The number of alkyl halides is 1. The molecule has 0 radical (unpaired) electrons. The number of halogens is 2. The molecule has 1 atom stereocenters. The fourth-order valence-electron chi connectivity index (χ4n) is 1.65. The van der Waals surface area contributed by atoms with Crippen molar-refractivity contribution >= 4 is 23.2 Å². The molecule has 1 saturated carbocycles. The van der Waals surface area contributed by atoms with Crippen molar-refractivity contribution in [3.05, 3.63) is 34.9 Å². The predicted octanol–water partition coefficient (Wildman–Crippen LogP) is 4.09. The Morgan fingerprint density at radius 1 is 1.38 bits per heavy atom. The van der Waals surface area contributed by atoms with Gasteiger partial charge in [-0.1, -0.05) is 23.7 Å². The lowest BCUT2D eigenvalue weighted by Gasteiger charge is -2.14. The largest absolute Gasteiger partial charge is 0.380 e. The molecular formula is C13H16Cl2O. The highest BCUT2D eigenvalue weighted by Crippen LogP contribution is 2.29. The first-order chi connectivity index (χ1) is 7.79. The number of benzene rings is 1. The summed E-state index contributed by atoms with van der Waals surface area (Å²) in [4.78, 5) is 0. The van der Waals surface area contributed by atoms with Crippen LogP contribution in [0.15, 0.2) is 24.3 Å². The van der Waals surface area contributed by atoms with Gasteiger partial charge < -0.3 is 4.74 Å². The van der Waals surface area contributed by atoms with E-state index in [1.54, 1.807) is 0 Å². The second kappa shape index (κ2) is 5.90. The molecule has 0 bridgehead atoms. The summed E-state index contributed by atoms with van der Waals surface area (Å²) in [6.07, 6.45) is 2.64. The van der Waals surface area contributed by atoms with Crippen molar-refractivity contribution < 1.29 is 4.74 Å². The molecule has 1 aromatic rings. The molecule has 88 valence electrons. The SMILES string of the molecule is ClCC(COCC1CC1)c1cccc(Cl)c1. The van der Waals surface area contributed by atoms with Crippen LogP contribution >= 0.6 is 23.2 Å². The first-order valence-electron chi connectivity index (χ1n) is 5.68. The lowest BCUT2D eigenvalue weighted by atomic mass is 10.0. The molecule has 3 heteroatoms. The smallest absolute Gasteiger partial charge is 0.0546 e. The molecule has 1 aliphatic carbocycles. The van der Waals surface area contributed by atoms with Gasteiger partial charge in [0.1, 0.15) is 0 Å². The molecule has 0 heterocycles. The minimum Gasteiger partial charge on any atom is -0.380 e. The van der Waals surface area contributed by atoms with Crippen LogP contribution in [-0.2, 0) is 4.74 Å². The summed E-state index contributed by atoms with van der Waals surface area (Å²) in [5.74, 6) is 1.62. The van der Waals surface area contributed by atoms with Crippen LogP contribution in [0.4, 0.5) is 0 Å². The molecule has 1 nitrogen and oxygen atoms in total. The topological polar surface area (TPSA) is 9.23 Å². The zero-order chi connectivity index (χ0) is 11.4. The molecule has 0 aromatic heterocycles. The molecule has 0 aliphatic heterocycles. The number of ether oxygens (including phenoxy) is 1. The van der Waals surface area contributed by atoms with Gasteiger partial charge in [0.2, 0.25) is 0 Å². The third kappa shape index (κ3) is 3.65. The molecule has 1 fully saturated rings. The number of hydrogen-bond donors (Lipinski definition) is 0. The van der Waals surface area contributed by atoms with Crippen molar-refractivity contribution in [2.24, 2.45) is 5.92 Å². The molecule has 0 spiro atoms. The maximum Gasteiger partial charge on any atom is 0.0546 e. The van der Waals surface area contributed by atoms with Crippen molar-refractivity contribution in [1.29, 1.82) is 0 Å². The summed E-state index contributed by atoms with van der Waals surface area (Å²) >= 11 is 11.9. The predicted molar refractivity (Wildman–Crippen MR) is 68.5 cm³/mol. The van der Waals surface area contributed by atoms with Gasteiger partial charge in [-0.25, -0.2) is 0 Å². The molecule has 2 rings (SSSR count). The van der Waals surface area contributed by atoms with Gasteiger partial charge in [0.25, 0.3) is 0 Å². The lowest BCUT2D eigenvalue weighted by molar-refractivity contribution is 0.115. The Kier molecular flexibility index (Phi) is 4.51. The average Bonchev–Trinajstić information content (AvgIpc) is 3.08. The third-order valence-corrected chi connectivity index (χ3v) is 3.48. The summed E-state index contributed by atoms with van der Waals surface area (Å²) in [7, 11) is 0. The van der Waals surface area contributed by atoms with Crippen LogP contribution in [0.3, 0.4) is 0 Å². The zero-order valence-electron chi connectivity index (χ0n) is 9.16. The summed E-state index contributed by atoms with van der Waals surface area (Å²) in [6.45, 7) is 1.58. The van der Waals surface area contributed by atoms with E-state index < -0.39 is 0 Å². The molecule has 16 heavy (non-hydrogen) atoms. The van der Waals surface area contributed by atoms with Crippen LogP contribution < -0.4 is 0 Å². The average molecular weight is 259 g/mol. The second-order valence-corrected chi connectivity index (χ2v) is 5.13. The first-order valence-corrected chi connectivity index (χ1v) is 6.60. The highest BCUT2D eigenvalue weighted by atomic mass is 35.5. The Labute approximate surface area is 107 Å². The highest BCUT2D eigenvalue weighted by molar-refractivity contribution is 6.30. The van der Waals surface area contributed by atoms with Gasteiger partial charge in [-0.05, 0) is 36.5 Å². The molecule has 0 saturated heterocycles. The van der Waals surface area contributed by atoms with E-state index in [1.165, 1.54) is 18.4 Å². The standard InChI is InChI=1S/C13H16Cl2O/c14-7-12(9-16-8-10-4-5-10)11-2-1-3-13(15)6-11/h1-3,6,10,12H,4-5,7-9H2. The van der Waals surface area contributed by atoms with Gasteiger partial charge in [0, 0.05) is 23.4 Å². The maximum absolute atomic E-state index is 5.96. The quantitative estimate of drug-likeness (QED) is 0.699. The van der Waals surface area contributed by atoms with E-state index >= 15 is 0 Å². The van der Waals surface area contributed by atoms with Crippen LogP contribution in [0.1, 0.15) is 24.3 Å². The van der Waals surface area contributed by atoms with E-state index in [2.05, 4.69) is 6.07 Å². The molecular weight excluding hydrogens is 243 g/mol. The first kappa shape index (κ1) is 12.2. The van der Waals surface area contributed by atoms with E-state index in [9.17, 15) is 0 Å².